The Morgan fingerprint density at radius 1 is 1.10 bits per heavy atom. The average Bonchev–Trinajstić information content (AvgIpc) is 2.85. The van der Waals surface area contributed by atoms with E-state index >= 15 is 0 Å². The molecule has 2 amide bonds. The van der Waals surface area contributed by atoms with Gasteiger partial charge in [-0.2, -0.15) is 13.2 Å². The summed E-state index contributed by atoms with van der Waals surface area (Å²) in [7, 11) is -2.72. The third kappa shape index (κ3) is 9.03. The van der Waals surface area contributed by atoms with Gasteiger partial charge in [-0.15, -0.1) is 0 Å². The Morgan fingerprint density at radius 2 is 1.72 bits per heavy atom. The van der Waals surface area contributed by atoms with Crippen molar-refractivity contribution in [3.8, 4) is 5.75 Å². The molecule has 0 aliphatic heterocycles. The van der Waals surface area contributed by atoms with E-state index in [-0.39, 0.29) is 24.6 Å². The summed E-state index contributed by atoms with van der Waals surface area (Å²) < 4.78 is 71.4. The normalized spacial score (nSPS) is 12.7. The minimum atomic E-state index is -4.84. The Hall–Kier alpha value is -2.99. The summed E-state index contributed by atoms with van der Waals surface area (Å²) >= 11 is 5.70. The lowest BCUT2D eigenvalue weighted by molar-refractivity contribution is -0.140. The largest absolute Gasteiger partial charge is 0.497 e. The number of carbonyl (C=O) groups is 2. The van der Waals surface area contributed by atoms with Crippen LogP contribution in [0.25, 0.3) is 0 Å². The summed E-state index contributed by atoms with van der Waals surface area (Å²) in [6.45, 7) is 5.00. The highest BCUT2D eigenvalue weighted by molar-refractivity contribution is 7.92. The molecule has 0 bridgehead atoms. The highest BCUT2D eigenvalue weighted by Gasteiger charge is 2.36. The molecule has 2 aromatic rings. The van der Waals surface area contributed by atoms with Crippen molar-refractivity contribution in [3.63, 3.8) is 0 Å². The molecule has 0 spiro atoms. The van der Waals surface area contributed by atoms with Crippen LogP contribution in [0.4, 0.5) is 18.9 Å². The van der Waals surface area contributed by atoms with Crippen molar-refractivity contribution in [1.82, 2.24) is 10.2 Å². The average molecular weight is 592 g/mol. The number of methoxy groups -OCH3 is 1. The number of ether oxygens (including phenoxy) is 1. The van der Waals surface area contributed by atoms with Crippen molar-refractivity contribution in [2.24, 2.45) is 5.92 Å². The van der Waals surface area contributed by atoms with E-state index in [1.165, 1.54) is 12.0 Å². The summed E-state index contributed by atoms with van der Waals surface area (Å²) in [4.78, 5) is 28.0. The Labute approximate surface area is 232 Å². The number of sulfonamides is 1. The Morgan fingerprint density at radius 3 is 2.21 bits per heavy atom. The maximum atomic E-state index is 13.7. The summed E-state index contributed by atoms with van der Waals surface area (Å²) in [5, 5.41) is 2.18. The molecule has 2 rings (SSSR count). The number of carbonyl (C=O) groups excluding carboxylic acids is 2. The number of anilines is 1. The second-order valence-corrected chi connectivity index (χ2v) is 11.7. The molecular weight excluding hydrogens is 559 g/mol. The molecule has 13 heteroatoms. The van der Waals surface area contributed by atoms with E-state index in [4.69, 9.17) is 16.3 Å². The number of nitrogens with zero attached hydrogens (tertiary/aromatic N) is 2. The Balaban J connectivity index is 2.50. The molecule has 0 heterocycles. The lowest BCUT2D eigenvalue weighted by Gasteiger charge is -2.33. The number of alkyl halides is 3. The first kappa shape index (κ1) is 32.2. The van der Waals surface area contributed by atoms with Gasteiger partial charge in [0.2, 0.25) is 21.8 Å². The molecule has 0 fully saturated rings. The molecule has 0 saturated carbocycles. The summed E-state index contributed by atoms with van der Waals surface area (Å²) in [6, 6.07) is 8.37. The highest BCUT2D eigenvalue weighted by atomic mass is 35.5. The third-order valence-corrected chi connectivity index (χ3v) is 7.28. The second-order valence-electron chi connectivity index (χ2n) is 9.36. The van der Waals surface area contributed by atoms with Crippen LogP contribution in [0, 0.1) is 5.92 Å². The number of hydrogen-bond acceptors (Lipinski definition) is 5. The fraction of sp³-hybridized carbons (Fsp3) is 0.462. The van der Waals surface area contributed by atoms with Gasteiger partial charge < -0.3 is 15.0 Å². The number of halogens is 4. The molecule has 216 valence electrons. The maximum Gasteiger partial charge on any atom is 0.417 e. The smallest absolute Gasteiger partial charge is 0.417 e. The molecular formula is C26H33ClF3N3O5S. The zero-order chi connectivity index (χ0) is 29.5. The Bertz CT molecular complexity index is 1250. The first-order valence-corrected chi connectivity index (χ1v) is 14.4. The van der Waals surface area contributed by atoms with Crippen molar-refractivity contribution in [1.29, 1.82) is 0 Å². The van der Waals surface area contributed by atoms with Crippen LogP contribution in [0.15, 0.2) is 42.5 Å². The van der Waals surface area contributed by atoms with Crippen LogP contribution in [-0.4, -0.2) is 57.6 Å². The molecule has 1 N–H and O–H groups in total. The summed E-state index contributed by atoms with van der Waals surface area (Å²) in [5.41, 5.74) is -0.988. The van der Waals surface area contributed by atoms with E-state index in [1.807, 2.05) is 13.8 Å². The van der Waals surface area contributed by atoms with Gasteiger partial charge >= 0.3 is 6.18 Å². The number of nitrogens with one attached hydrogen (secondary N) is 1. The molecule has 0 aliphatic rings. The third-order valence-electron chi connectivity index (χ3n) is 5.80. The van der Waals surface area contributed by atoms with Crippen LogP contribution in [0.1, 0.15) is 38.3 Å². The molecule has 8 nitrogen and oxygen atoms in total. The van der Waals surface area contributed by atoms with Gasteiger partial charge in [-0.05, 0) is 48.2 Å². The van der Waals surface area contributed by atoms with E-state index in [2.05, 4.69) is 5.32 Å². The maximum absolute atomic E-state index is 13.7. The minimum Gasteiger partial charge on any atom is -0.497 e. The van der Waals surface area contributed by atoms with Gasteiger partial charge in [0, 0.05) is 13.1 Å². The van der Waals surface area contributed by atoms with Crippen molar-refractivity contribution < 1.29 is 35.9 Å². The van der Waals surface area contributed by atoms with Gasteiger partial charge in [-0.1, -0.05) is 44.5 Å². The standard InChI is InChI=1S/C26H33ClF3N3O5S/c1-6-23(25(35)31-14-17(2)3)32(15-18-7-10-20(38-4)11-8-18)24(34)16-33(39(5,36)37)19-9-12-22(27)21(13-19)26(28,29)30/h7-13,17,23H,6,14-16H2,1-5H3,(H,31,35)/t23-/m0/s1. The summed E-state index contributed by atoms with van der Waals surface area (Å²) in [5.74, 6) is -0.480. The minimum absolute atomic E-state index is 0.0531. The SMILES string of the molecule is CC[C@@H](C(=O)NCC(C)C)N(Cc1ccc(OC)cc1)C(=O)CN(c1ccc(Cl)c(C(F)(F)F)c1)S(C)(=O)=O. The predicted molar refractivity (Wildman–Crippen MR) is 144 cm³/mol. The Kier molecular flexibility index (Phi) is 11.1. The van der Waals surface area contributed by atoms with Crippen LogP contribution in [0.3, 0.4) is 0 Å². The van der Waals surface area contributed by atoms with E-state index in [0.29, 0.717) is 28.2 Å². The van der Waals surface area contributed by atoms with E-state index in [0.717, 1.165) is 18.4 Å². The fourth-order valence-corrected chi connectivity index (χ4v) is 4.84. The quantitative estimate of drug-likeness (QED) is 0.386. The van der Waals surface area contributed by atoms with Gasteiger partial charge in [0.25, 0.3) is 0 Å². The van der Waals surface area contributed by atoms with Crippen LogP contribution in [0.2, 0.25) is 5.02 Å². The highest BCUT2D eigenvalue weighted by Crippen LogP contribution is 2.37. The predicted octanol–water partition coefficient (Wildman–Crippen LogP) is 4.71. The van der Waals surface area contributed by atoms with Crippen LogP contribution in [-0.2, 0) is 32.3 Å². The molecule has 0 radical (unpaired) electrons. The van der Waals surface area contributed by atoms with Crippen molar-refractivity contribution >= 4 is 39.1 Å². The first-order valence-electron chi connectivity index (χ1n) is 12.1. The first-order chi connectivity index (χ1) is 18.1. The van der Waals surface area contributed by atoms with Gasteiger partial charge in [0.05, 0.1) is 29.6 Å². The van der Waals surface area contributed by atoms with E-state index < -0.39 is 51.2 Å². The van der Waals surface area contributed by atoms with Gasteiger partial charge in [-0.3, -0.25) is 13.9 Å². The lowest BCUT2D eigenvalue weighted by Crippen LogP contribution is -2.52. The zero-order valence-electron chi connectivity index (χ0n) is 22.4. The van der Waals surface area contributed by atoms with Crippen molar-refractivity contribution in [2.75, 3.05) is 30.8 Å². The lowest BCUT2D eigenvalue weighted by atomic mass is 10.1. The molecule has 2 aromatic carbocycles. The molecule has 0 unspecified atom stereocenters. The van der Waals surface area contributed by atoms with Crippen molar-refractivity contribution in [3.05, 3.63) is 58.6 Å². The number of hydrogen-bond donors (Lipinski definition) is 1. The fourth-order valence-electron chi connectivity index (χ4n) is 3.77. The van der Waals surface area contributed by atoms with Crippen LogP contribution >= 0.6 is 11.6 Å². The van der Waals surface area contributed by atoms with Crippen molar-refractivity contribution in [2.45, 2.75) is 46.0 Å². The van der Waals surface area contributed by atoms with Crippen LogP contribution < -0.4 is 14.4 Å². The molecule has 39 heavy (non-hydrogen) atoms. The number of rotatable bonds is 12. The van der Waals surface area contributed by atoms with Gasteiger partial charge in [-0.25, -0.2) is 8.42 Å². The van der Waals surface area contributed by atoms with Gasteiger partial charge in [0.15, 0.2) is 0 Å². The van der Waals surface area contributed by atoms with Gasteiger partial charge in [0.1, 0.15) is 18.3 Å². The molecule has 0 aliphatic carbocycles. The van der Waals surface area contributed by atoms with Crippen LogP contribution in [0.5, 0.6) is 5.75 Å². The van der Waals surface area contributed by atoms with E-state index in [9.17, 15) is 31.2 Å². The molecule has 0 aromatic heterocycles. The molecule has 1 atom stereocenters. The van der Waals surface area contributed by atoms with E-state index in [1.54, 1.807) is 31.2 Å². The monoisotopic (exact) mass is 591 g/mol. The summed E-state index contributed by atoms with van der Waals surface area (Å²) in [6.07, 6.45) is -3.85. The zero-order valence-corrected chi connectivity index (χ0v) is 24.0. The topological polar surface area (TPSA) is 96.0 Å². The number of benzene rings is 2. The second kappa shape index (κ2) is 13.4. The number of amides is 2. The molecule has 0 saturated heterocycles.